The van der Waals surface area contributed by atoms with Gasteiger partial charge in [-0.05, 0) is 24.1 Å². The molecule has 1 amide bonds. The number of hydrogen-bond donors (Lipinski definition) is 3. The van der Waals surface area contributed by atoms with Crippen LogP contribution in [0.4, 0.5) is 5.69 Å². The van der Waals surface area contributed by atoms with E-state index in [2.05, 4.69) is 31.0 Å². The van der Waals surface area contributed by atoms with Crippen LogP contribution in [0.2, 0.25) is 0 Å². The Labute approximate surface area is 164 Å². The van der Waals surface area contributed by atoms with Gasteiger partial charge in [-0.1, -0.05) is 12.1 Å². The van der Waals surface area contributed by atoms with Gasteiger partial charge in [-0.3, -0.25) is 9.79 Å². The predicted molar refractivity (Wildman–Crippen MR) is 107 cm³/mol. The van der Waals surface area contributed by atoms with Crippen LogP contribution in [0.5, 0.6) is 0 Å². The lowest BCUT2D eigenvalue weighted by Crippen LogP contribution is -2.46. The van der Waals surface area contributed by atoms with Crippen LogP contribution in [0, 0.1) is 0 Å². The monoisotopic (exact) mass is 385 g/mol. The normalized spacial score (nSPS) is 16.4. The van der Waals surface area contributed by atoms with Crippen LogP contribution in [0.1, 0.15) is 30.6 Å². The van der Waals surface area contributed by atoms with E-state index < -0.39 is 0 Å². The maximum absolute atomic E-state index is 11.2. The van der Waals surface area contributed by atoms with Gasteiger partial charge in [-0.25, -0.2) is 9.67 Å². The number of methoxy groups -OCH3 is 1. The molecule has 2 heterocycles. The Kier molecular flexibility index (Phi) is 6.59. The first-order chi connectivity index (χ1) is 13.6. The minimum absolute atomic E-state index is 0.0824. The number of fused-ring (bicyclic) bond motifs is 1. The highest BCUT2D eigenvalue weighted by atomic mass is 16.5. The second-order valence-electron chi connectivity index (χ2n) is 6.75. The van der Waals surface area contributed by atoms with Gasteiger partial charge in [0.25, 0.3) is 0 Å². The van der Waals surface area contributed by atoms with Gasteiger partial charge >= 0.3 is 0 Å². The molecule has 3 rings (SSSR count). The van der Waals surface area contributed by atoms with Crippen LogP contribution in [0.3, 0.4) is 0 Å². The molecule has 1 aliphatic heterocycles. The molecule has 1 atom stereocenters. The van der Waals surface area contributed by atoms with Crippen molar-refractivity contribution in [1.29, 1.82) is 0 Å². The molecule has 2 aromatic rings. The van der Waals surface area contributed by atoms with E-state index in [1.165, 1.54) is 6.92 Å². The van der Waals surface area contributed by atoms with Crippen LogP contribution in [0.25, 0.3) is 0 Å². The predicted octanol–water partition coefficient (Wildman–Crippen LogP) is 1.06. The first kappa shape index (κ1) is 19.8. The van der Waals surface area contributed by atoms with E-state index in [0.29, 0.717) is 13.2 Å². The summed E-state index contributed by atoms with van der Waals surface area (Å²) in [7, 11) is 3.40. The van der Waals surface area contributed by atoms with Crippen molar-refractivity contribution in [2.75, 3.05) is 19.5 Å². The summed E-state index contributed by atoms with van der Waals surface area (Å²) in [5.74, 6) is 2.37. The molecule has 0 saturated carbocycles. The zero-order valence-electron chi connectivity index (χ0n) is 16.5. The van der Waals surface area contributed by atoms with Crippen LogP contribution in [-0.4, -0.2) is 46.8 Å². The third-order valence-corrected chi connectivity index (χ3v) is 4.45. The fourth-order valence-electron chi connectivity index (χ4n) is 3.20. The van der Waals surface area contributed by atoms with Crippen LogP contribution in [-0.2, 0) is 35.6 Å². The van der Waals surface area contributed by atoms with Crippen LogP contribution < -0.4 is 16.0 Å². The van der Waals surface area contributed by atoms with Gasteiger partial charge in [-0.2, -0.15) is 5.10 Å². The number of hydrogen-bond acceptors (Lipinski definition) is 5. The molecule has 9 heteroatoms. The highest BCUT2D eigenvalue weighted by molar-refractivity contribution is 5.88. The third-order valence-electron chi connectivity index (χ3n) is 4.45. The molecule has 1 unspecified atom stereocenters. The number of amides is 1. The van der Waals surface area contributed by atoms with Crippen molar-refractivity contribution in [1.82, 2.24) is 25.4 Å². The van der Waals surface area contributed by atoms with E-state index in [0.717, 1.165) is 48.2 Å². The van der Waals surface area contributed by atoms with Crippen LogP contribution in [0.15, 0.2) is 29.3 Å². The van der Waals surface area contributed by atoms with Crippen LogP contribution >= 0.6 is 0 Å². The van der Waals surface area contributed by atoms with Crippen molar-refractivity contribution in [3.8, 4) is 0 Å². The Morgan fingerprint density at radius 3 is 3.04 bits per heavy atom. The molecule has 0 radical (unpaired) electrons. The zero-order chi connectivity index (χ0) is 19.9. The standard InChI is InChI=1S/C19H27N7O2/c1-13(27)22-15-6-4-5-14(9-15)10-21-19(20-2)23-16-7-8-18-24-17(12-28-3)25-26(18)11-16/h4-6,9,16H,7-8,10-12H2,1-3H3,(H,22,27)(H2,20,21,23). The van der Waals surface area contributed by atoms with E-state index in [4.69, 9.17) is 4.74 Å². The average molecular weight is 385 g/mol. The molecular weight excluding hydrogens is 358 g/mol. The molecule has 1 aromatic heterocycles. The molecule has 0 spiro atoms. The van der Waals surface area contributed by atoms with Gasteiger partial charge in [0.1, 0.15) is 12.4 Å². The quantitative estimate of drug-likeness (QED) is 0.507. The number of aromatic nitrogens is 3. The second-order valence-corrected chi connectivity index (χ2v) is 6.75. The summed E-state index contributed by atoms with van der Waals surface area (Å²) in [5.41, 5.74) is 1.84. The van der Waals surface area contributed by atoms with E-state index in [-0.39, 0.29) is 11.9 Å². The second kappa shape index (κ2) is 9.32. The lowest BCUT2D eigenvalue weighted by atomic mass is 10.1. The Bertz CT molecular complexity index is 847. The van der Waals surface area contributed by atoms with Gasteiger partial charge < -0.3 is 20.7 Å². The van der Waals surface area contributed by atoms with Gasteiger partial charge in [-0.15, -0.1) is 0 Å². The van der Waals surface area contributed by atoms with E-state index in [9.17, 15) is 4.79 Å². The topological polar surface area (TPSA) is 105 Å². The summed E-state index contributed by atoms with van der Waals surface area (Å²) in [6, 6.07) is 7.96. The molecule has 0 bridgehead atoms. The number of aryl methyl sites for hydroxylation is 1. The third kappa shape index (κ3) is 5.29. The number of aliphatic imine (C=N–C) groups is 1. The number of carbonyl (C=O) groups is 1. The highest BCUT2D eigenvalue weighted by Crippen LogP contribution is 2.14. The van der Waals surface area contributed by atoms with E-state index >= 15 is 0 Å². The van der Waals surface area contributed by atoms with Crippen molar-refractivity contribution < 1.29 is 9.53 Å². The van der Waals surface area contributed by atoms with Gasteiger partial charge in [0.2, 0.25) is 5.91 Å². The number of benzene rings is 1. The Morgan fingerprint density at radius 2 is 2.29 bits per heavy atom. The first-order valence-corrected chi connectivity index (χ1v) is 9.32. The number of ether oxygens (including phenoxy) is 1. The molecule has 9 nitrogen and oxygen atoms in total. The van der Waals surface area contributed by atoms with Gasteiger partial charge in [0.15, 0.2) is 11.8 Å². The number of rotatable bonds is 6. The SMILES string of the molecule is CN=C(NCc1cccc(NC(C)=O)c1)NC1CCc2nc(COC)nn2C1. The summed E-state index contributed by atoms with van der Waals surface area (Å²) in [6.45, 7) is 3.27. The first-order valence-electron chi connectivity index (χ1n) is 9.32. The smallest absolute Gasteiger partial charge is 0.221 e. The molecule has 1 aliphatic rings. The molecule has 0 fully saturated rings. The van der Waals surface area contributed by atoms with Crippen molar-refractivity contribution in [2.24, 2.45) is 4.99 Å². The summed E-state index contributed by atoms with van der Waals surface area (Å²) < 4.78 is 7.06. The Balaban J connectivity index is 1.54. The average Bonchev–Trinajstić information content (AvgIpc) is 3.07. The molecule has 150 valence electrons. The lowest BCUT2D eigenvalue weighted by molar-refractivity contribution is -0.114. The Hall–Kier alpha value is -2.94. The number of nitrogens with zero attached hydrogens (tertiary/aromatic N) is 4. The molecule has 1 aromatic carbocycles. The maximum atomic E-state index is 11.2. The summed E-state index contributed by atoms with van der Waals surface area (Å²) in [4.78, 5) is 20.0. The minimum Gasteiger partial charge on any atom is -0.377 e. The number of anilines is 1. The van der Waals surface area contributed by atoms with E-state index in [1.807, 2.05) is 28.9 Å². The molecule has 28 heavy (non-hydrogen) atoms. The fourth-order valence-corrected chi connectivity index (χ4v) is 3.20. The largest absolute Gasteiger partial charge is 0.377 e. The summed E-state index contributed by atoms with van der Waals surface area (Å²) in [6.07, 6.45) is 1.83. The summed E-state index contributed by atoms with van der Waals surface area (Å²) >= 11 is 0. The van der Waals surface area contributed by atoms with E-state index in [1.54, 1.807) is 14.2 Å². The number of nitrogens with one attached hydrogen (secondary N) is 3. The molecule has 0 saturated heterocycles. The zero-order valence-corrected chi connectivity index (χ0v) is 16.5. The highest BCUT2D eigenvalue weighted by Gasteiger charge is 2.22. The van der Waals surface area contributed by atoms with Gasteiger partial charge in [0.05, 0.1) is 6.54 Å². The lowest BCUT2D eigenvalue weighted by Gasteiger charge is -2.25. The molecular formula is C19H27N7O2. The van der Waals surface area contributed by atoms with Gasteiger partial charge in [0, 0.05) is 45.8 Å². The number of guanidine groups is 1. The summed E-state index contributed by atoms with van der Waals surface area (Å²) in [5, 5.41) is 14.1. The molecule has 0 aliphatic carbocycles. The van der Waals surface area contributed by atoms with Crippen molar-refractivity contribution in [3.05, 3.63) is 41.5 Å². The minimum atomic E-state index is -0.0824. The Morgan fingerprint density at radius 1 is 1.43 bits per heavy atom. The number of carbonyl (C=O) groups excluding carboxylic acids is 1. The fraction of sp³-hybridized carbons (Fsp3) is 0.474. The van der Waals surface area contributed by atoms with Crippen molar-refractivity contribution in [2.45, 2.75) is 45.5 Å². The van der Waals surface area contributed by atoms with Crippen molar-refractivity contribution in [3.63, 3.8) is 0 Å². The van der Waals surface area contributed by atoms with Crippen molar-refractivity contribution >= 4 is 17.6 Å². The molecule has 3 N–H and O–H groups in total. The maximum Gasteiger partial charge on any atom is 0.221 e.